The molecule has 0 bridgehead atoms. The molecule has 1 saturated carbocycles. The summed E-state index contributed by atoms with van der Waals surface area (Å²) in [6.45, 7) is 0. The van der Waals surface area contributed by atoms with Crippen LogP contribution in [0.4, 0.5) is 0 Å². The number of hydrogen-bond acceptors (Lipinski definition) is 3. The lowest BCUT2D eigenvalue weighted by Crippen LogP contribution is -2.45. The average Bonchev–Trinajstić information content (AvgIpc) is 2.93. The molecule has 2 rings (SSSR count). The van der Waals surface area contributed by atoms with E-state index in [1.165, 1.54) is 25.5 Å². The predicted molar refractivity (Wildman–Crippen MR) is 70.3 cm³/mol. The van der Waals surface area contributed by atoms with Crippen molar-refractivity contribution in [1.29, 1.82) is 0 Å². The van der Waals surface area contributed by atoms with Gasteiger partial charge in [0.25, 0.3) is 5.91 Å². The molecule has 1 fully saturated rings. The van der Waals surface area contributed by atoms with Crippen LogP contribution in [-0.2, 0) is 4.79 Å². The van der Waals surface area contributed by atoms with E-state index in [1.54, 1.807) is 12.1 Å². The minimum absolute atomic E-state index is 0.204. The lowest BCUT2D eigenvalue weighted by molar-refractivity contribution is -0.120. The molecular formula is C14H20N2O3. The molecule has 0 aliphatic heterocycles. The Morgan fingerprint density at radius 1 is 1.37 bits per heavy atom. The van der Waals surface area contributed by atoms with E-state index in [0.29, 0.717) is 12.3 Å². The maximum absolute atomic E-state index is 11.8. The summed E-state index contributed by atoms with van der Waals surface area (Å²) in [4.78, 5) is 23.3. The van der Waals surface area contributed by atoms with E-state index in [9.17, 15) is 9.59 Å². The molecule has 0 aromatic carbocycles. The zero-order chi connectivity index (χ0) is 13.7. The van der Waals surface area contributed by atoms with E-state index < -0.39 is 11.9 Å². The molecule has 2 amide bonds. The van der Waals surface area contributed by atoms with Crippen LogP contribution in [0.2, 0.25) is 0 Å². The molecule has 1 atom stereocenters. The Bertz CT molecular complexity index is 422. The molecule has 0 unspecified atom stereocenters. The van der Waals surface area contributed by atoms with E-state index >= 15 is 0 Å². The summed E-state index contributed by atoms with van der Waals surface area (Å²) in [7, 11) is 0. The van der Waals surface area contributed by atoms with E-state index in [2.05, 4.69) is 5.32 Å². The molecule has 5 nitrogen and oxygen atoms in total. The molecule has 1 aliphatic rings. The summed E-state index contributed by atoms with van der Waals surface area (Å²) in [6.07, 6.45) is 7.93. The normalized spacial score (nSPS) is 17.9. The lowest BCUT2D eigenvalue weighted by atomic mass is 9.84. The van der Waals surface area contributed by atoms with Gasteiger partial charge in [-0.15, -0.1) is 0 Å². The monoisotopic (exact) mass is 264 g/mol. The second-order valence-electron chi connectivity index (χ2n) is 5.15. The third-order valence-corrected chi connectivity index (χ3v) is 3.69. The van der Waals surface area contributed by atoms with Crippen molar-refractivity contribution in [2.45, 2.75) is 44.6 Å². The predicted octanol–water partition coefficient (Wildman–Crippen LogP) is 1.83. The molecule has 1 aromatic heterocycles. The lowest BCUT2D eigenvalue weighted by Gasteiger charge is -2.25. The number of carbonyl (C=O) groups is 2. The molecule has 19 heavy (non-hydrogen) atoms. The van der Waals surface area contributed by atoms with Gasteiger partial charge in [-0.25, -0.2) is 0 Å². The van der Waals surface area contributed by atoms with E-state index in [-0.39, 0.29) is 11.7 Å². The van der Waals surface area contributed by atoms with Crippen LogP contribution in [0.5, 0.6) is 0 Å². The zero-order valence-corrected chi connectivity index (χ0v) is 10.9. The topological polar surface area (TPSA) is 85.3 Å². The highest BCUT2D eigenvalue weighted by Crippen LogP contribution is 2.27. The third-order valence-electron chi connectivity index (χ3n) is 3.69. The number of primary amides is 1. The van der Waals surface area contributed by atoms with Gasteiger partial charge in [0.2, 0.25) is 5.91 Å². The second-order valence-corrected chi connectivity index (χ2v) is 5.15. The van der Waals surface area contributed by atoms with Crippen molar-refractivity contribution in [3.05, 3.63) is 24.2 Å². The molecule has 3 N–H and O–H groups in total. The highest BCUT2D eigenvalue weighted by Gasteiger charge is 2.25. The molecule has 1 aromatic rings. The van der Waals surface area contributed by atoms with Crippen LogP contribution < -0.4 is 11.1 Å². The smallest absolute Gasteiger partial charge is 0.287 e. The number of nitrogens with one attached hydrogen (secondary N) is 1. The number of hydrogen-bond donors (Lipinski definition) is 2. The van der Waals surface area contributed by atoms with Crippen LogP contribution in [0.25, 0.3) is 0 Å². The molecule has 0 saturated heterocycles. The van der Waals surface area contributed by atoms with Crippen LogP contribution in [0, 0.1) is 5.92 Å². The highest BCUT2D eigenvalue weighted by atomic mass is 16.3. The first kappa shape index (κ1) is 13.6. The standard InChI is InChI=1S/C14H20N2O3/c15-13(17)11(9-10-5-2-1-3-6-10)16-14(18)12-7-4-8-19-12/h4,7-8,10-11H,1-3,5-6,9H2,(H2,15,17)(H,16,18)/t11-/m0/s1. The summed E-state index contributed by atoms with van der Waals surface area (Å²) in [6, 6.07) is 2.59. The Morgan fingerprint density at radius 3 is 2.68 bits per heavy atom. The minimum atomic E-state index is -0.610. The van der Waals surface area contributed by atoms with Crippen molar-refractivity contribution < 1.29 is 14.0 Å². The minimum Gasteiger partial charge on any atom is -0.459 e. The Hall–Kier alpha value is -1.78. The molecule has 0 spiro atoms. The van der Waals surface area contributed by atoms with Gasteiger partial charge in [-0.3, -0.25) is 9.59 Å². The first-order valence-corrected chi connectivity index (χ1v) is 6.80. The number of amides is 2. The van der Waals surface area contributed by atoms with Crippen molar-refractivity contribution >= 4 is 11.8 Å². The summed E-state index contributed by atoms with van der Waals surface area (Å²) in [5.41, 5.74) is 5.37. The third kappa shape index (κ3) is 3.84. The Kier molecular flexibility index (Phi) is 4.60. The summed E-state index contributed by atoms with van der Waals surface area (Å²) >= 11 is 0. The quantitative estimate of drug-likeness (QED) is 0.850. The van der Waals surface area contributed by atoms with Gasteiger partial charge < -0.3 is 15.5 Å². The maximum atomic E-state index is 11.8. The van der Waals surface area contributed by atoms with Crippen LogP contribution in [0.1, 0.15) is 49.1 Å². The van der Waals surface area contributed by atoms with Crippen molar-refractivity contribution in [2.75, 3.05) is 0 Å². The molecule has 1 aliphatic carbocycles. The highest BCUT2D eigenvalue weighted by molar-refractivity contribution is 5.95. The van der Waals surface area contributed by atoms with Crippen LogP contribution in [0.3, 0.4) is 0 Å². The van der Waals surface area contributed by atoms with Gasteiger partial charge in [-0.2, -0.15) is 0 Å². The van der Waals surface area contributed by atoms with Crippen LogP contribution >= 0.6 is 0 Å². The van der Waals surface area contributed by atoms with Gasteiger partial charge in [-0.05, 0) is 24.5 Å². The van der Waals surface area contributed by atoms with E-state index in [0.717, 1.165) is 12.8 Å². The van der Waals surface area contributed by atoms with Gasteiger partial charge in [0.15, 0.2) is 5.76 Å². The number of furan rings is 1. The molecule has 5 heteroatoms. The second kappa shape index (κ2) is 6.41. The maximum Gasteiger partial charge on any atom is 0.287 e. The fourth-order valence-corrected chi connectivity index (χ4v) is 2.64. The zero-order valence-electron chi connectivity index (χ0n) is 10.9. The summed E-state index contributed by atoms with van der Waals surface area (Å²) in [5, 5.41) is 2.66. The van der Waals surface area contributed by atoms with Crippen LogP contribution in [-0.4, -0.2) is 17.9 Å². The molecule has 1 heterocycles. The number of nitrogens with two attached hydrogens (primary N) is 1. The van der Waals surface area contributed by atoms with E-state index in [4.69, 9.17) is 10.2 Å². The summed E-state index contributed by atoms with van der Waals surface area (Å²) in [5.74, 6) is -0.187. The van der Waals surface area contributed by atoms with Crippen LogP contribution in [0.15, 0.2) is 22.8 Å². The van der Waals surface area contributed by atoms with Gasteiger partial charge in [0, 0.05) is 0 Å². The fourth-order valence-electron chi connectivity index (χ4n) is 2.64. The first-order chi connectivity index (χ1) is 9.16. The SMILES string of the molecule is NC(=O)[C@H](CC1CCCCC1)NC(=O)c1ccco1. The molecular weight excluding hydrogens is 244 g/mol. The Balaban J connectivity index is 1.92. The van der Waals surface area contributed by atoms with Crippen molar-refractivity contribution in [1.82, 2.24) is 5.32 Å². The van der Waals surface area contributed by atoms with Gasteiger partial charge in [0.1, 0.15) is 6.04 Å². The summed E-state index contributed by atoms with van der Waals surface area (Å²) < 4.78 is 5.00. The van der Waals surface area contributed by atoms with E-state index in [1.807, 2.05) is 0 Å². The number of rotatable bonds is 5. The van der Waals surface area contributed by atoms with Gasteiger partial charge in [0.05, 0.1) is 6.26 Å². The van der Waals surface area contributed by atoms with Crippen molar-refractivity contribution in [3.63, 3.8) is 0 Å². The molecule has 0 radical (unpaired) electrons. The Morgan fingerprint density at radius 2 is 2.11 bits per heavy atom. The Labute approximate surface area is 112 Å². The van der Waals surface area contributed by atoms with Gasteiger partial charge in [-0.1, -0.05) is 32.1 Å². The largest absolute Gasteiger partial charge is 0.459 e. The number of carbonyl (C=O) groups excluding carboxylic acids is 2. The first-order valence-electron chi connectivity index (χ1n) is 6.80. The van der Waals surface area contributed by atoms with Crippen molar-refractivity contribution in [2.24, 2.45) is 11.7 Å². The fraction of sp³-hybridized carbons (Fsp3) is 0.571. The van der Waals surface area contributed by atoms with Crippen molar-refractivity contribution in [3.8, 4) is 0 Å². The molecule has 104 valence electrons. The van der Waals surface area contributed by atoms with Gasteiger partial charge >= 0.3 is 0 Å². The average molecular weight is 264 g/mol.